The van der Waals surface area contributed by atoms with Gasteiger partial charge in [-0.1, -0.05) is 268 Å². The predicted molar refractivity (Wildman–Crippen MR) is 386 cm³/mol. The van der Waals surface area contributed by atoms with Gasteiger partial charge in [-0.25, -0.2) is 4.98 Å². The van der Waals surface area contributed by atoms with Gasteiger partial charge in [-0.05, 0) is 142 Å². The zero-order valence-corrected chi connectivity index (χ0v) is 56.0. The van der Waals surface area contributed by atoms with Gasteiger partial charge in [-0.15, -0.1) is 48.1 Å². The third-order valence-electron chi connectivity index (χ3n) is 19.7. The van der Waals surface area contributed by atoms with Crippen LogP contribution in [-0.4, -0.2) is 9.55 Å². The van der Waals surface area contributed by atoms with E-state index < -0.39 is 16.2 Å². The number of hydrogen-bond acceptors (Lipinski definition) is 4. The second-order valence-electron chi connectivity index (χ2n) is 26.1. The topological polar surface area (TPSA) is 27.5 Å². The fraction of sp³-hybridized carbons (Fsp3) is 0.114. The van der Waals surface area contributed by atoms with E-state index in [1.54, 1.807) is 0 Å². The van der Waals surface area contributed by atoms with Crippen molar-refractivity contribution in [2.75, 3.05) is 14.7 Å². The van der Waals surface area contributed by atoms with Gasteiger partial charge in [0.05, 0.1) is 0 Å². The normalized spacial score (nSPS) is 12.6. The summed E-state index contributed by atoms with van der Waals surface area (Å²) < 4.78 is 2.31. The first-order valence-corrected chi connectivity index (χ1v) is 32.3. The standard InChI is InChI=1S/C88H72N5.Pt/c1-85(2,3)69-53-54-89-84(59-69)93-80-52-49-70(86(4,63-31-14-7-15-32-63)64-33-16-8-17-34-64)58-79(80)78-51-50-76(61-83(78)93)92(73-43-26-13-27-44-73)75-46-30-45-74(60-75)90-62-91(82-48-29-28-47-81(82)90)77-56-71(87(5,65-35-18-9-19-36-65)66-37-20-10-21-38-66)55-72(57-77)88(6,67-39-22-11-23-40-67)68-41-24-12-25-42-68;/h7-59,62H,1-6H3;/q-3;. The third-order valence-corrected chi connectivity index (χ3v) is 19.7. The number of para-hydroxylation sites is 3. The summed E-state index contributed by atoms with van der Waals surface area (Å²) in [7, 11) is 0. The van der Waals surface area contributed by atoms with Crippen LogP contribution in [0.25, 0.3) is 27.6 Å². The van der Waals surface area contributed by atoms with E-state index in [9.17, 15) is 0 Å². The summed E-state index contributed by atoms with van der Waals surface area (Å²) in [5.41, 5.74) is 19.2. The molecular weight excluding hydrogens is 1320 g/mol. The monoisotopic (exact) mass is 1390 g/mol. The van der Waals surface area contributed by atoms with Gasteiger partial charge in [0.15, 0.2) is 0 Å². The van der Waals surface area contributed by atoms with Crippen molar-refractivity contribution in [3.8, 4) is 5.82 Å². The van der Waals surface area contributed by atoms with Gasteiger partial charge in [-0.2, -0.15) is 12.1 Å². The van der Waals surface area contributed by atoms with Crippen LogP contribution >= 0.6 is 0 Å². The summed E-state index contributed by atoms with van der Waals surface area (Å²) >= 11 is 0. The van der Waals surface area contributed by atoms with E-state index in [4.69, 9.17) is 4.98 Å². The predicted octanol–water partition coefficient (Wildman–Crippen LogP) is 22.0. The van der Waals surface area contributed by atoms with Crippen molar-refractivity contribution in [2.45, 2.75) is 63.2 Å². The Morgan fingerprint density at radius 1 is 0.351 bits per heavy atom. The van der Waals surface area contributed by atoms with E-state index in [1.165, 1.54) is 55.6 Å². The van der Waals surface area contributed by atoms with Crippen molar-refractivity contribution in [3.05, 3.63) is 396 Å². The maximum atomic E-state index is 5.15. The molecule has 12 aromatic carbocycles. The molecule has 5 nitrogen and oxygen atoms in total. The Morgan fingerprint density at radius 2 is 0.798 bits per heavy atom. The minimum absolute atomic E-state index is 0. The molecule has 0 bridgehead atoms. The first-order valence-electron chi connectivity index (χ1n) is 32.3. The van der Waals surface area contributed by atoms with Crippen LogP contribution in [0.3, 0.4) is 0 Å². The molecule has 0 fully saturated rings. The molecule has 1 aliphatic heterocycles. The molecule has 15 rings (SSSR count). The van der Waals surface area contributed by atoms with Crippen molar-refractivity contribution in [3.63, 3.8) is 0 Å². The number of anilines is 7. The van der Waals surface area contributed by atoms with Crippen LogP contribution in [0.15, 0.2) is 322 Å². The summed E-state index contributed by atoms with van der Waals surface area (Å²) in [4.78, 5) is 12.1. The van der Waals surface area contributed by atoms with Crippen molar-refractivity contribution in [2.24, 2.45) is 0 Å². The summed E-state index contributed by atoms with van der Waals surface area (Å²) in [6.07, 6.45) is 1.95. The van der Waals surface area contributed by atoms with Crippen molar-refractivity contribution in [1.29, 1.82) is 0 Å². The molecule has 0 saturated carbocycles. The maximum Gasteiger partial charge on any atom is 0.135 e. The van der Waals surface area contributed by atoms with Crippen LogP contribution < -0.4 is 14.7 Å². The number of fused-ring (bicyclic) bond motifs is 4. The van der Waals surface area contributed by atoms with Crippen LogP contribution in [0.4, 0.5) is 39.8 Å². The molecule has 3 heterocycles. The minimum atomic E-state index is -0.542. The Hall–Kier alpha value is -10.3. The van der Waals surface area contributed by atoms with Gasteiger partial charge in [0.2, 0.25) is 0 Å². The molecule has 0 unspecified atom stereocenters. The van der Waals surface area contributed by atoms with E-state index in [0.29, 0.717) is 0 Å². The van der Waals surface area contributed by atoms with E-state index in [0.717, 1.165) is 67.4 Å². The largest absolute Gasteiger partial charge is 0.493 e. The van der Waals surface area contributed by atoms with Crippen LogP contribution in [-0.2, 0) is 42.7 Å². The molecule has 0 atom stereocenters. The quantitative estimate of drug-likeness (QED) is 0.0755. The molecule has 0 saturated heterocycles. The summed E-state index contributed by atoms with van der Waals surface area (Å²) in [6.45, 7) is 16.2. The molecular formula is C88H72N5Pt-3. The van der Waals surface area contributed by atoms with Crippen molar-refractivity contribution >= 4 is 61.6 Å². The Bertz CT molecular complexity index is 4750. The van der Waals surface area contributed by atoms with E-state index in [-0.39, 0.29) is 26.5 Å². The van der Waals surface area contributed by atoms with E-state index in [1.807, 2.05) is 6.20 Å². The number of benzene rings is 12. The number of hydrogen-bond donors (Lipinski definition) is 0. The fourth-order valence-electron chi connectivity index (χ4n) is 14.3. The Morgan fingerprint density at radius 3 is 1.29 bits per heavy atom. The first-order chi connectivity index (χ1) is 45.4. The number of pyridine rings is 1. The first kappa shape index (κ1) is 61.2. The molecule has 1 aliphatic rings. The van der Waals surface area contributed by atoms with Crippen molar-refractivity contribution < 1.29 is 21.1 Å². The van der Waals surface area contributed by atoms with Crippen LogP contribution in [0.2, 0.25) is 0 Å². The van der Waals surface area contributed by atoms with Gasteiger partial charge >= 0.3 is 0 Å². The average molecular weight is 1390 g/mol. The molecule has 94 heavy (non-hydrogen) atoms. The fourth-order valence-corrected chi connectivity index (χ4v) is 14.3. The summed E-state index contributed by atoms with van der Waals surface area (Å²) in [6, 6.07) is 123. The van der Waals surface area contributed by atoms with Gasteiger partial charge in [0, 0.05) is 71.8 Å². The van der Waals surface area contributed by atoms with Gasteiger partial charge in [0.25, 0.3) is 0 Å². The minimum Gasteiger partial charge on any atom is -0.493 e. The molecule has 6 heteroatoms. The molecule has 0 aliphatic carbocycles. The Kier molecular flexibility index (Phi) is 16.2. The van der Waals surface area contributed by atoms with E-state index >= 15 is 0 Å². The number of aromatic nitrogens is 2. The molecule has 0 amide bonds. The second kappa shape index (κ2) is 25.0. The van der Waals surface area contributed by atoms with Crippen molar-refractivity contribution in [1.82, 2.24) is 9.55 Å². The second-order valence-corrected chi connectivity index (χ2v) is 26.1. The molecule has 14 aromatic rings. The third kappa shape index (κ3) is 10.7. The Balaban J connectivity index is 0.00000763. The van der Waals surface area contributed by atoms with Gasteiger partial charge in [0.1, 0.15) is 5.82 Å². The van der Waals surface area contributed by atoms with Crippen LogP contribution in [0, 0.1) is 18.8 Å². The average Bonchev–Trinajstić information content (AvgIpc) is 1.51. The van der Waals surface area contributed by atoms with Crippen LogP contribution in [0.1, 0.15) is 97.2 Å². The van der Waals surface area contributed by atoms with Gasteiger partial charge < -0.3 is 19.3 Å². The molecule has 0 spiro atoms. The molecule has 0 N–H and O–H groups in total. The zero-order valence-electron chi connectivity index (χ0n) is 53.7. The smallest absolute Gasteiger partial charge is 0.135 e. The Labute approximate surface area is 568 Å². The zero-order chi connectivity index (χ0) is 63.3. The number of rotatable bonds is 15. The molecule has 2 aromatic heterocycles. The molecule has 462 valence electrons. The summed E-state index contributed by atoms with van der Waals surface area (Å²) in [5, 5.41) is 2.22. The SMILES string of the molecule is CC(C)(C)c1ccnc(-n2c3[c-]c(N(c4[c-]c(N5[CH-]N(c6cc(C(C)(c7ccccc7)c7ccccc7)cc(C(C)(c7ccccc7)c7ccccc7)c6)c6ccccc65)ccc4)c4ccccc4)ccc3c3cc(C(C)(c4ccccc4)c4ccccc4)ccc32)c1.[Pt]. The maximum absolute atomic E-state index is 5.15. The van der Waals surface area contributed by atoms with Gasteiger partial charge in [-0.3, -0.25) is 0 Å². The number of nitrogens with zero attached hydrogens (tertiary/aromatic N) is 5. The molecule has 0 radical (unpaired) electrons. The van der Waals surface area contributed by atoms with E-state index in [2.05, 4.69) is 395 Å². The summed E-state index contributed by atoms with van der Waals surface area (Å²) in [5.74, 6) is 0.845. The van der Waals surface area contributed by atoms with Crippen LogP contribution in [0.5, 0.6) is 0 Å².